The lowest BCUT2D eigenvalue weighted by Crippen LogP contribution is -2.15. The van der Waals surface area contributed by atoms with Gasteiger partial charge >= 0.3 is 0 Å². The molecule has 0 bridgehead atoms. The first-order valence-corrected chi connectivity index (χ1v) is 7.00. The molecule has 0 spiro atoms. The van der Waals surface area contributed by atoms with Crippen molar-refractivity contribution >= 4 is 44.8 Å². The van der Waals surface area contributed by atoms with Gasteiger partial charge in [0.15, 0.2) is 0 Å². The first-order valence-electron chi connectivity index (χ1n) is 5.43. The second kappa shape index (κ2) is 4.35. The molecule has 0 amide bonds. The third kappa shape index (κ3) is 1.93. The Labute approximate surface area is 112 Å². The summed E-state index contributed by atoms with van der Waals surface area (Å²) in [6.07, 6.45) is 2.86. The predicted molar refractivity (Wildman–Crippen MR) is 70.0 cm³/mol. The second-order valence-corrected chi connectivity index (χ2v) is 6.04. The normalized spacial score (nSPS) is 19.6. The largest absolute Gasteiger partial charge is 0.396 e. The van der Waals surface area contributed by atoms with E-state index in [2.05, 4.69) is 9.97 Å². The predicted octanol–water partition coefficient (Wildman–Crippen LogP) is 3.10. The van der Waals surface area contributed by atoms with Crippen molar-refractivity contribution in [2.75, 3.05) is 6.61 Å². The van der Waals surface area contributed by atoms with Gasteiger partial charge in [-0.1, -0.05) is 11.6 Å². The van der Waals surface area contributed by atoms with E-state index in [-0.39, 0.29) is 11.9 Å². The van der Waals surface area contributed by atoms with Crippen LogP contribution in [-0.2, 0) is 12.8 Å². The van der Waals surface area contributed by atoms with Crippen molar-refractivity contribution in [2.24, 2.45) is 5.92 Å². The van der Waals surface area contributed by atoms with Gasteiger partial charge in [-0.25, -0.2) is 9.97 Å². The SMILES string of the molecule is OC[C@H]1CCc2sc3nc(Cl)nc(Cl)c3c2C1. The molecule has 1 atom stereocenters. The first-order chi connectivity index (χ1) is 8.19. The highest BCUT2D eigenvalue weighted by molar-refractivity contribution is 7.19. The molecule has 17 heavy (non-hydrogen) atoms. The van der Waals surface area contributed by atoms with Crippen LogP contribution in [0, 0.1) is 5.92 Å². The van der Waals surface area contributed by atoms with Crippen molar-refractivity contribution in [1.29, 1.82) is 0 Å². The Hall–Kier alpha value is -0.420. The number of hydrogen-bond acceptors (Lipinski definition) is 4. The maximum atomic E-state index is 9.26. The highest BCUT2D eigenvalue weighted by Crippen LogP contribution is 2.40. The summed E-state index contributed by atoms with van der Waals surface area (Å²) in [7, 11) is 0. The number of fused-ring (bicyclic) bond motifs is 3. The van der Waals surface area contributed by atoms with Crippen molar-refractivity contribution in [3.63, 3.8) is 0 Å². The van der Waals surface area contributed by atoms with Crippen molar-refractivity contribution in [3.8, 4) is 0 Å². The average Bonchev–Trinajstić information content (AvgIpc) is 2.65. The Bertz CT molecular complexity index is 584. The van der Waals surface area contributed by atoms with E-state index in [1.54, 1.807) is 11.3 Å². The number of nitrogens with zero attached hydrogens (tertiary/aromatic N) is 2. The van der Waals surface area contributed by atoms with Gasteiger partial charge in [-0.15, -0.1) is 11.3 Å². The number of aliphatic hydroxyl groups is 1. The molecular formula is C11H10Cl2N2OS. The summed E-state index contributed by atoms with van der Waals surface area (Å²) < 4.78 is 0. The molecule has 0 saturated carbocycles. The Kier molecular flexibility index (Phi) is 2.99. The summed E-state index contributed by atoms with van der Waals surface area (Å²) in [4.78, 5) is 10.4. The topological polar surface area (TPSA) is 46.0 Å². The third-order valence-electron chi connectivity index (χ3n) is 3.19. The van der Waals surface area contributed by atoms with Crippen LogP contribution in [0.1, 0.15) is 16.9 Å². The summed E-state index contributed by atoms with van der Waals surface area (Å²) in [6, 6.07) is 0. The van der Waals surface area contributed by atoms with Crippen molar-refractivity contribution < 1.29 is 5.11 Å². The molecular weight excluding hydrogens is 279 g/mol. The molecule has 1 aliphatic carbocycles. The van der Waals surface area contributed by atoms with Crippen LogP contribution in [0.5, 0.6) is 0 Å². The van der Waals surface area contributed by atoms with E-state index in [4.69, 9.17) is 23.2 Å². The van der Waals surface area contributed by atoms with Crippen LogP contribution in [0.3, 0.4) is 0 Å². The number of aliphatic hydroxyl groups excluding tert-OH is 1. The molecule has 6 heteroatoms. The molecule has 90 valence electrons. The maximum Gasteiger partial charge on any atom is 0.225 e. The quantitative estimate of drug-likeness (QED) is 0.648. The molecule has 0 saturated heterocycles. The number of hydrogen-bond donors (Lipinski definition) is 1. The van der Waals surface area contributed by atoms with Crippen LogP contribution < -0.4 is 0 Å². The van der Waals surface area contributed by atoms with Gasteiger partial charge in [0.1, 0.15) is 9.98 Å². The van der Waals surface area contributed by atoms with Crippen LogP contribution in [0.15, 0.2) is 0 Å². The summed E-state index contributed by atoms with van der Waals surface area (Å²) in [5, 5.41) is 10.8. The van der Waals surface area contributed by atoms with Gasteiger partial charge in [-0.2, -0.15) is 0 Å². The first kappa shape index (κ1) is 11.7. The number of rotatable bonds is 1. The number of aryl methyl sites for hydroxylation is 1. The summed E-state index contributed by atoms with van der Waals surface area (Å²) in [5.74, 6) is 0.326. The maximum absolute atomic E-state index is 9.26. The van der Waals surface area contributed by atoms with Crippen LogP contribution >= 0.6 is 34.5 Å². The van der Waals surface area contributed by atoms with Crippen LogP contribution in [0.4, 0.5) is 0 Å². The molecule has 3 nitrogen and oxygen atoms in total. The number of thiophene rings is 1. The number of halogens is 2. The Morgan fingerprint density at radius 2 is 2.18 bits per heavy atom. The lowest BCUT2D eigenvalue weighted by atomic mass is 9.88. The molecule has 2 heterocycles. The lowest BCUT2D eigenvalue weighted by molar-refractivity contribution is 0.214. The van der Waals surface area contributed by atoms with Crippen molar-refractivity contribution in [2.45, 2.75) is 19.3 Å². The fourth-order valence-electron chi connectivity index (χ4n) is 2.33. The molecule has 0 fully saturated rings. The molecule has 2 aromatic rings. The van der Waals surface area contributed by atoms with E-state index >= 15 is 0 Å². The van der Waals surface area contributed by atoms with E-state index in [0.717, 1.165) is 29.5 Å². The smallest absolute Gasteiger partial charge is 0.225 e. The zero-order valence-electron chi connectivity index (χ0n) is 8.91. The van der Waals surface area contributed by atoms with Crippen molar-refractivity contribution in [3.05, 3.63) is 20.9 Å². The highest BCUT2D eigenvalue weighted by atomic mass is 35.5. The number of aromatic nitrogens is 2. The Morgan fingerprint density at radius 3 is 2.94 bits per heavy atom. The van der Waals surface area contributed by atoms with Crippen LogP contribution in [0.2, 0.25) is 10.4 Å². The van der Waals surface area contributed by atoms with E-state index in [9.17, 15) is 5.11 Å². The van der Waals surface area contributed by atoms with Crippen LogP contribution in [-0.4, -0.2) is 21.7 Å². The van der Waals surface area contributed by atoms with E-state index < -0.39 is 0 Å². The summed E-state index contributed by atoms with van der Waals surface area (Å²) >= 11 is 13.6. The Balaban J connectivity index is 2.21. The summed E-state index contributed by atoms with van der Waals surface area (Å²) in [5.41, 5.74) is 1.21. The van der Waals surface area contributed by atoms with Crippen LogP contribution in [0.25, 0.3) is 10.2 Å². The van der Waals surface area contributed by atoms with Gasteiger partial charge in [-0.05, 0) is 42.3 Å². The zero-order valence-corrected chi connectivity index (χ0v) is 11.2. The minimum Gasteiger partial charge on any atom is -0.396 e. The second-order valence-electron chi connectivity index (χ2n) is 4.26. The fourth-order valence-corrected chi connectivity index (χ4v) is 4.15. The molecule has 0 aliphatic heterocycles. The average molecular weight is 289 g/mol. The molecule has 2 aromatic heterocycles. The highest BCUT2D eigenvalue weighted by Gasteiger charge is 2.24. The molecule has 3 rings (SSSR count). The third-order valence-corrected chi connectivity index (χ3v) is 4.82. The molecule has 1 aliphatic rings. The lowest BCUT2D eigenvalue weighted by Gasteiger charge is -2.19. The minimum atomic E-state index is 0.194. The van der Waals surface area contributed by atoms with E-state index in [1.807, 2.05) is 0 Å². The molecule has 0 radical (unpaired) electrons. The molecule has 1 N–H and O–H groups in total. The monoisotopic (exact) mass is 288 g/mol. The van der Waals surface area contributed by atoms with Gasteiger partial charge in [0.05, 0.1) is 5.39 Å². The van der Waals surface area contributed by atoms with Gasteiger partial charge in [-0.3, -0.25) is 0 Å². The van der Waals surface area contributed by atoms with Crippen molar-refractivity contribution in [1.82, 2.24) is 9.97 Å². The fraction of sp³-hybridized carbons (Fsp3) is 0.455. The summed E-state index contributed by atoms with van der Waals surface area (Å²) in [6.45, 7) is 0.225. The van der Waals surface area contributed by atoms with E-state index in [0.29, 0.717) is 11.1 Å². The van der Waals surface area contributed by atoms with Gasteiger partial charge in [0, 0.05) is 11.5 Å². The van der Waals surface area contributed by atoms with Gasteiger partial charge < -0.3 is 5.11 Å². The zero-order chi connectivity index (χ0) is 12.0. The molecule has 0 aromatic carbocycles. The Morgan fingerprint density at radius 1 is 1.35 bits per heavy atom. The molecule has 0 unspecified atom stereocenters. The van der Waals surface area contributed by atoms with Gasteiger partial charge in [0.2, 0.25) is 5.28 Å². The standard InChI is InChI=1S/C11H10Cl2N2OS/c12-9-8-6-3-5(4-16)1-2-7(6)17-10(8)15-11(13)14-9/h5,16H,1-4H2/t5-/m0/s1. The minimum absolute atomic E-state index is 0.194. The van der Waals surface area contributed by atoms with Gasteiger partial charge in [0.25, 0.3) is 0 Å². The van der Waals surface area contributed by atoms with E-state index in [1.165, 1.54) is 10.4 Å².